The summed E-state index contributed by atoms with van der Waals surface area (Å²) in [5.41, 5.74) is 1.96. The number of hydrogen-bond donors (Lipinski definition) is 2. The van der Waals surface area contributed by atoms with E-state index in [2.05, 4.69) is 10.6 Å². The maximum Gasteiger partial charge on any atom is 0.262 e. The minimum absolute atomic E-state index is 0.195. The number of benzene rings is 3. The summed E-state index contributed by atoms with van der Waals surface area (Å²) in [6.07, 6.45) is 0.218. The molecule has 3 aromatic rings. The summed E-state index contributed by atoms with van der Waals surface area (Å²) in [6.45, 7) is 1.43. The van der Waals surface area contributed by atoms with Crippen molar-refractivity contribution in [3.8, 4) is 11.5 Å². The number of para-hydroxylation sites is 2. The summed E-state index contributed by atoms with van der Waals surface area (Å²) >= 11 is 0. The van der Waals surface area contributed by atoms with Crippen LogP contribution in [0.3, 0.4) is 0 Å². The molecule has 1 atom stereocenters. The van der Waals surface area contributed by atoms with Crippen LogP contribution in [0.15, 0.2) is 60.7 Å². The summed E-state index contributed by atoms with van der Waals surface area (Å²) in [5, 5.41) is 5.45. The minimum atomic E-state index is -0.456. The fourth-order valence-corrected chi connectivity index (χ4v) is 3.93. The molecule has 0 heterocycles. The molecule has 4 rings (SSSR count). The van der Waals surface area contributed by atoms with Crippen LogP contribution in [-0.4, -0.2) is 31.3 Å². The maximum atomic E-state index is 14.1. The standard InChI is InChI=1S/C26H23FN2O5/c1-15-13-20(30)25-22(12-11-18(27)24(15)25)34-14-23(31)28-17-9-7-16(8-10-17)26(32)29-19-5-3-4-6-21(19)33-2/h3-12,15H,13-14H2,1-2H3,(H,28,31)(H,29,32). The number of fused-ring (bicyclic) bond motifs is 1. The Kier molecular flexibility index (Phi) is 6.58. The lowest BCUT2D eigenvalue weighted by molar-refractivity contribution is -0.118. The van der Waals surface area contributed by atoms with E-state index in [1.165, 1.54) is 19.2 Å². The number of hydrogen-bond acceptors (Lipinski definition) is 5. The number of ketones is 1. The van der Waals surface area contributed by atoms with Gasteiger partial charge in [0.25, 0.3) is 11.8 Å². The van der Waals surface area contributed by atoms with Crippen molar-refractivity contribution in [2.24, 2.45) is 0 Å². The number of ether oxygens (including phenoxy) is 2. The molecule has 1 aliphatic rings. The molecule has 0 aliphatic heterocycles. The molecule has 3 aromatic carbocycles. The van der Waals surface area contributed by atoms with E-state index in [0.29, 0.717) is 28.3 Å². The van der Waals surface area contributed by atoms with Gasteiger partial charge in [0.1, 0.15) is 17.3 Å². The molecule has 2 N–H and O–H groups in total. The Balaban J connectivity index is 1.36. The van der Waals surface area contributed by atoms with E-state index in [9.17, 15) is 18.8 Å². The normalized spacial score (nSPS) is 14.3. The first-order chi connectivity index (χ1) is 16.4. The van der Waals surface area contributed by atoms with Crippen LogP contribution in [0.25, 0.3) is 0 Å². The van der Waals surface area contributed by atoms with Crippen LogP contribution in [0.1, 0.15) is 45.5 Å². The third-order valence-corrected chi connectivity index (χ3v) is 5.56. The van der Waals surface area contributed by atoms with Gasteiger partial charge in [-0.1, -0.05) is 19.1 Å². The fraction of sp³-hybridized carbons (Fsp3) is 0.192. The third-order valence-electron chi connectivity index (χ3n) is 5.56. The second-order valence-electron chi connectivity index (χ2n) is 7.93. The molecule has 0 fully saturated rings. The highest BCUT2D eigenvalue weighted by Gasteiger charge is 2.32. The van der Waals surface area contributed by atoms with Crippen molar-refractivity contribution in [2.45, 2.75) is 19.3 Å². The lowest BCUT2D eigenvalue weighted by Gasteiger charge is -2.12. The number of Topliss-reactive ketones (excluding diaryl/α,β-unsaturated/α-hetero) is 1. The lowest BCUT2D eigenvalue weighted by Crippen LogP contribution is -2.21. The van der Waals surface area contributed by atoms with Crippen molar-refractivity contribution in [1.82, 2.24) is 0 Å². The average Bonchev–Trinajstić information content (AvgIpc) is 3.14. The summed E-state index contributed by atoms with van der Waals surface area (Å²) in [7, 11) is 1.52. The summed E-state index contributed by atoms with van der Waals surface area (Å²) in [6, 6.07) is 16.0. The van der Waals surface area contributed by atoms with Crippen molar-refractivity contribution in [3.63, 3.8) is 0 Å². The number of halogens is 1. The van der Waals surface area contributed by atoms with Gasteiger partial charge in [0.2, 0.25) is 0 Å². The third kappa shape index (κ3) is 4.76. The Morgan fingerprint density at radius 3 is 2.47 bits per heavy atom. The Hall–Kier alpha value is -4.20. The summed E-state index contributed by atoms with van der Waals surface area (Å²) < 4.78 is 24.9. The predicted molar refractivity (Wildman–Crippen MR) is 125 cm³/mol. The van der Waals surface area contributed by atoms with E-state index in [4.69, 9.17) is 9.47 Å². The highest BCUT2D eigenvalue weighted by molar-refractivity contribution is 6.05. The Morgan fingerprint density at radius 2 is 1.74 bits per heavy atom. The molecule has 2 amide bonds. The molecule has 1 unspecified atom stereocenters. The van der Waals surface area contributed by atoms with Crippen LogP contribution in [0.5, 0.6) is 11.5 Å². The van der Waals surface area contributed by atoms with E-state index in [1.54, 1.807) is 55.5 Å². The van der Waals surface area contributed by atoms with Gasteiger partial charge in [-0.25, -0.2) is 4.39 Å². The quantitative estimate of drug-likeness (QED) is 0.526. The monoisotopic (exact) mass is 462 g/mol. The minimum Gasteiger partial charge on any atom is -0.495 e. The van der Waals surface area contributed by atoms with Crippen LogP contribution in [0.2, 0.25) is 0 Å². The molecule has 0 saturated heterocycles. The number of amides is 2. The highest BCUT2D eigenvalue weighted by atomic mass is 19.1. The molecule has 7 nitrogen and oxygen atoms in total. The van der Waals surface area contributed by atoms with Crippen molar-refractivity contribution in [2.75, 3.05) is 24.4 Å². The van der Waals surface area contributed by atoms with Crippen LogP contribution >= 0.6 is 0 Å². The summed E-state index contributed by atoms with van der Waals surface area (Å²) in [4.78, 5) is 37.1. The molecule has 34 heavy (non-hydrogen) atoms. The largest absolute Gasteiger partial charge is 0.495 e. The number of carbonyl (C=O) groups is 3. The lowest BCUT2D eigenvalue weighted by atomic mass is 10.0. The molecule has 0 aromatic heterocycles. The Bertz CT molecular complexity index is 1260. The molecule has 0 bridgehead atoms. The van der Waals surface area contributed by atoms with Crippen LogP contribution < -0.4 is 20.1 Å². The van der Waals surface area contributed by atoms with Gasteiger partial charge < -0.3 is 20.1 Å². The molecular weight excluding hydrogens is 439 g/mol. The number of nitrogens with one attached hydrogen (secondary N) is 2. The van der Waals surface area contributed by atoms with Gasteiger partial charge in [0, 0.05) is 23.2 Å². The second kappa shape index (κ2) is 9.74. The smallest absolute Gasteiger partial charge is 0.262 e. The van der Waals surface area contributed by atoms with Crippen molar-refractivity contribution < 1.29 is 28.2 Å². The van der Waals surface area contributed by atoms with Gasteiger partial charge in [-0.05, 0) is 54.4 Å². The molecule has 1 aliphatic carbocycles. The SMILES string of the molecule is COc1ccccc1NC(=O)c1ccc(NC(=O)COc2ccc(F)c3c2C(=O)CC3C)cc1. The molecule has 0 spiro atoms. The van der Waals surface area contributed by atoms with Crippen LogP contribution in [0, 0.1) is 5.82 Å². The van der Waals surface area contributed by atoms with E-state index >= 15 is 0 Å². The van der Waals surface area contributed by atoms with Crippen molar-refractivity contribution in [1.29, 1.82) is 0 Å². The average molecular weight is 462 g/mol. The zero-order valence-corrected chi connectivity index (χ0v) is 18.7. The van der Waals surface area contributed by atoms with E-state index in [-0.39, 0.29) is 41.9 Å². The van der Waals surface area contributed by atoms with E-state index < -0.39 is 11.7 Å². The summed E-state index contributed by atoms with van der Waals surface area (Å²) in [5.74, 6) is -0.900. The van der Waals surface area contributed by atoms with E-state index in [1.807, 2.05) is 0 Å². The first-order valence-electron chi connectivity index (χ1n) is 10.7. The van der Waals surface area contributed by atoms with Crippen LogP contribution in [-0.2, 0) is 4.79 Å². The van der Waals surface area contributed by atoms with Gasteiger partial charge in [0.05, 0.1) is 18.4 Å². The molecule has 174 valence electrons. The molecule has 0 radical (unpaired) electrons. The van der Waals surface area contributed by atoms with Crippen LogP contribution in [0.4, 0.5) is 15.8 Å². The number of anilines is 2. The van der Waals surface area contributed by atoms with Crippen molar-refractivity contribution in [3.05, 3.63) is 83.2 Å². The highest BCUT2D eigenvalue weighted by Crippen LogP contribution is 2.39. The number of carbonyl (C=O) groups excluding carboxylic acids is 3. The fourth-order valence-electron chi connectivity index (χ4n) is 3.93. The predicted octanol–water partition coefficient (Wildman–Crippen LogP) is 4.79. The van der Waals surface area contributed by atoms with Gasteiger partial charge in [0.15, 0.2) is 12.4 Å². The number of rotatable bonds is 7. The first kappa shape index (κ1) is 23.0. The van der Waals surface area contributed by atoms with Gasteiger partial charge >= 0.3 is 0 Å². The van der Waals surface area contributed by atoms with Gasteiger partial charge in [-0.3, -0.25) is 14.4 Å². The zero-order valence-electron chi connectivity index (χ0n) is 18.7. The van der Waals surface area contributed by atoms with E-state index in [0.717, 1.165) is 0 Å². The maximum absolute atomic E-state index is 14.1. The zero-order chi connectivity index (χ0) is 24.2. The topological polar surface area (TPSA) is 93.7 Å². The Labute approximate surface area is 195 Å². The molecule has 0 saturated carbocycles. The first-order valence-corrected chi connectivity index (χ1v) is 10.7. The van der Waals surface area contributed by atoms with Gasteiger partial charge in [-0.2, -0.15) is 0 Å². The number of methoxy groups -OCH3 is 1. The molecule has 8 heteroatoms. The molecular formula is C26H23FN2O5. The second-order valence-corrected chi connectivity index (χ2v) is 7.93. The Morgan fingerprint density at radius 1 is 1.00 bits per heavy atom. The van der Waals surface area contributed by atoms with Gasteiger partial charge in [-0.15, -0.1) is 0 Å². The van der Waals surface area contributed by atoms with Crippen molar-refractivity contribution >= 4 is 29.0 Å².